The zero-order chi connectivity index (χ0) is 23.8. The minimum Gasteiger partial charge on any atom is -0.354 e. The molecule has 0 radical (unpaired) electrons. The highest BCUT2D eigenvalue weighted by Gasteiger charge is 2.47. The second-order valence-electron chi connectivity index (χ2n) is 8.81. The Labute approximate surface area is 196 Å². The second kappa shape index (κ2) is 11.8. The normalized spacial score (nSPS) is 20.5. The Morgan fingerprint density at radius 3 is 2.27 bits per heavy atom. The van der Waals surface area contributed by atoms with Crippen LogP contribution < -0.4 is 5.32 Å². The van der Waals surface area contributed by atoms with Crippen LogP contribution in [0.4, 0.5) is 0 Å². The van der Waals surface area contributed by atoms with Crippen LogP contribution in [0.3, 0.4) is 0 Å². The number of nitrogens with one attached hydrogen (secondary N) is 1. The van der Waals surface area contributed by atoms with Crippen molar-refractivity contribution in [1.29, 1.82) is 0 Å². The zero-order valence-corrected chi connectivity index (χ0v) is 19.7. The van der Waals surface area contributed by atoms with Crippen molar-refractivity contribution in [2.75, 3.05) is 13.1 Å². The molecule has 178 valence electrons. The maximum Gasteiger partial charge on any atom is 0.242 e. The lowest BCUT2D eigenvalue weighted by Crippen LogP contribution is -2.49. The van der Waals surface area contributed by atoms with Gasteiger partial charge in [-0.3, -0.25) is 24.1 Å². The maximum absolute atomic E-state index is 13.4. The summed E-state index contributed by atoms with van der Waals surface area (Å²) >= 11 is 0. The Kier molecular flexibility index (Phi) is 8.80. The van der Waals surface area contributed by atoms with E-state index in [0.29, 0.717) is 32.4 Å². The number of likely N-dealkylation sites (tertiary alicyclic amines) is 1. The summed E-state index contributed by atoms with van der Waals surface area (Å²) in [5.74, 6) is -1.36. The fourth-order valence-electron chi connectivity index (χ4n) is 4.65. The molecule has 4 amide bonds. The number of allylic oxidation sites excluding steroid dienone is 2. The van der Waals surface area contributed by atoms with Crippen LogP contribution in [0.5, 0.6) is 0 Å². The number of benzene rings is 1. The van der Waals surface area contributed by atoms with Gasteiger partial charge in [0.2, 0.25) is 23.6 Å². The molecule has 1 heterocycles. The predicted octanol–water partition coefficient (Wildman–Crippen LogP) is 3.05. The summed E-state index contributed by atoms with van der Waals surface area (Å²) in [5, 5.41) is 2.94. The van der Waals surface area contributed by atoms with E-state index in [1.807, 2.05) is 49.4 Å². The van der Waals surface area contributed by atoms with Crippen molar-refractivity contribution < 1.29 is 19.2 Å². The molecule has 33 heavy (non-hydrogen) atoms. The van der Waals surface area contributed by atoms with Gasteiger partial charge in [0.05, 0.1) is 11.8 Å². The van der Waals surface area contributed by atoms with Gasteiger partial charge in [-0.1, -0.05) is 62.8 Å². The molecular formula is C26H35N3O4. The van der Waals surface area contributed by atoms with Gasteiger partial charge in [-0.25, -0.2) is 0 Å². The summed E-state index contributed by atoms with van der Waals surface area (Å²) < 4.78 is 0. The predicted molar refractivity (Wildman–Crippen MR) is 126 cm³/mol. The van der Waals surface area contributed by atoms with E-state index in [1.165, 1.54) is 4.90 Å². The van der Waals surface area contributed by atoms with Crippen molar-refractivity contribution >= 4 is 23.6 Å². The highest BCUT2D eigenvalue weighted by molar-refractivity contribution is 6.05. The number of hydrogen-bond donors (Lipinski definition) is 1. The van der Waals surface area contributed by atoms with Gasteiger partial charge in [0.15, 0.2) is 0 Å². The van der Waals surface area contributed by atoms with E-state index in [1.54, 1.807) is 4.90 Å². The van der Waals surface area contributed by atoms with Gasteiger partial charge in [0, 0.05) is 26.1 Å². The summed E-state index contributed by atoms with van der Waals surface area (Å²) in [6.45, 7) is 4.88. The van der Waals surface area contributed by atoms with Crippen LogP contribution in [0.15, 0.2) is 42.5 Å². The van der Waals surface area contributed by atoms with E-state index in [4.69, 9.17) is 0 Å². The minimum atomic E-state index is -0.605. The molecule has 7 heteroatoms. The SMILES string of the molecule is CCCCNC(=O)[C@@H](CC)N(Cc1ccccc1)C(=O)CCN1C(=O)[C@H]2CC=CC[C@H]2C1=O. The first kappa shape index (κ1) is 24.7. The number of rotatable bonds is 11. The number of amides is 4. The van der Waals surface area contributed by atoms with Crippen molar-refractivity contribution in [3.63, 3.8) is 0 Å². The smallest absolute Gasteiger partial charge is 0.242 e. The molecule has 3 atom stereocenters. The van der Waals surface area contributed by atoms with Crippen molar-refractivity contribution in [2.45, 2.75) is 65.0 Å². The fraction of sp³-hybridized carbons (Fsp3) is 0.538. The first-order valence-electron chi connectivity index (χ1n) is 12.1. The van der Waals surface area contributed by atoms with Crippen LogP contribution >= 0.6 is 0 Å². The summed E-state index contributed by atoms with van der Waals surface area (Å²) in [6, 6.07) is 8.95. The van der Waals surface area contributed by atoms with E-state index in [9.17, 15) is 19.2 Å². The summed E-state index contributed by atoms with van der Waals surface area (Å²) in [4.78, 5) is 54.6. The van der Waals surface area contributed by atoms with E-state index in [0.717, 1.165) is 18.4 Å². The second-order valence-corrected chi connectivity index (χ2v) is 8.81. The van der Waals surface area contributed by atoms with Gasteiger partial charge >= 0.3 is 0 Å². The quantitative estimate of drug-likeness (QED) is 0.317. The van der Waals surface area contributed by atoms with Gasteiger partial charge < -0.3 is 10.2 Å². The summed E-state index contributed by atoms with van der Waals surface area (Å²) in [7, 11) is 0. The van der Waals surface area contributed by atoms with Crippen LogP contribution in [0, 0.1) is 11.8 Å². The average molecular weight is 454 g/mol. The fourth-order valence-corrected chi connectivity index (χ4v) is 4.65. The lowest BCUT2D eigenvalue weighted by molar-refractivity contribution is -0.144. The first-order chi connectivity index (χ1) is 16.0. The number of carbonyl (C=O) groups is 4. The average Bonchev–Trinajstić information content (AvgIpc) is 3.08. The molecule has 1 saturated heterocycles. The number of unbranched alkanes of at least 4 members (excludes halogenated alkanes) is 1. The molecule has 0 saturated carbocycles. The third-order valence-electron chi connectivity index (χ3n) is 6.56. The topological polar surface area (TPSA) is 86.8 Å². The number of nitrogens with zero attached hydrogens (tertiary/aromatic N) is 2. The summed E-state index contributed by atoms with van der Waals surface area (Å²) in [6.07, 6.45) is 7.40. The Balaban J connectivity index is 1.71. The standard InChI is InChI=1S/C26H35N3O4/c1-3-5-16-27-24(31)22(4-2)29(18-19-11-7-6-8-12-19)23(30)15-17-28-25(32)20-13-9-10-14-21(20)26(28)33/h6-12,20-22H,3-5,13-18H2,1-2H3,(H,27,31)/t20-,21+,22-/m1/s1. The van der Waals surface area contributed by atoms with Crippen LogP contribution in [-0.2, 0) is 25.7 Å². The molecule has 1 aliphatic carbocycles. The van der Waals surface area contributed by atoms with Crippen LogP contribution in [0.1, 0.15) is 57.9 Å². The monoisotopic (exact) mass is 453 g/mol. The summed E-state index contributed by atoms with van der Waals surface area (Å²) in [5.41, 5.74) is 0.927. The van der Waals surface area contributed by atoms with Crippen LogP contribution in [0.2, 0.25) is 0 Å². The van der Waals surface area contributed by atoms with Crippen molar-refractivity contribution in [2.24, 2.45) is 11.8 Å². The third kappa shape index (κ3) is 5.89. The van der Waals surface area contributed by atoms with Crippen LogP contribution in [-0.4, -0.2) is 52.6 Å². The molecule has 0 aromatic heterocycles. The number of carbonyl (C=O) groups excluding carboxylic acids is 4. The van der Waals surface area contributed by atoms with Crippen molar-refractivity contribution in [1.82, 2.24) is 15.1 Å². The molecule has 0 unspecified atom stereocenters. The highest BCUT2D eigenvalue weighted by Crippen LogP contribution is 2.35. The molecule has 0 bridgehead atoms. The Morgan fingerprint density at radius 2 is 1.70 bits per heavy atom. The maximum atomic E-state index is 13.4. The highest BCUT2D eigenvalue weighted by atomic mass is 16.2. The Bertz CT molecular complexity index is 857. The lowest BCUT2D eigenvalue weighted by atomic mass is 9.85. The van der Waals surface area contributed by atoms with E-state index in [-0.39, 0.29) is 48.4 Å². The van der Waals surface area contributed by atoms with Crippen molar-refractivity contribution in [3.8, 4) is 0 Å². The van der Waals surface area contributed by atoms with E-state index < -0.39 is 6.04 Å². The lowest BCUT2D eigenvalue weighted by Gasteiger charge is -2.31. The molecule has 0 spiro atoms. The number of imide groups is 1. The van der Waals surface area contributed by atoms with Gasteiger partial charge in [0.25, 0.3) is 0 Å². The van der Waals surface area contributed by atoms with E-state index in [2.05, 4.69) is 12.2 Å². The van der Waals surface area contributed by atoms with Gasteiger partial charge in [-0.2, -0.15) is 0 Å². The number of fused-ring (bicyclic) bond motifs is 1. The third-order valence-corrected chi connectivity index (χ3v) is 6.56. The molecule has 1 fully saturated rings. The van der Waals surface area contributed by atoms with Crippen molar-refractivity contribution in [3.05, 3.63) is 48.0 Å². The van der Waals surface area contributed by atoms with E-state index >= 15 is 0 Å². The molecule has 7 nitrogen and oxygen atoms in total. The largest absolute Gasteiger partial charge is 0.354 e. The molecule has 1 aliphatic heterocycles. The molecule has 1 N–H and O–H groups in total. The Hall–Kier alpha value is -2.96. The Morgan fingerprint density at radius 1 is 1.06 bits per heavy atom. The molecule has 3 rings (SSSR count). The molecule has 2 aliphatic rings. The molecule has 1 aromatic carbocycles. The molecule has 1 aromatic rings. The zero-order valence-electron chi connectivity index (χ0n) is 19.7. The number of hydrogen-bond acceptors (Lipinski definition) is 4. The minimum absolute atomic E-state index is 0.00984. The van der Waals surface area contributed by atoms with Crippen LogP contribution in [0.25, 0.3) is 0 Å². The van der Waals surface area contributed by atoms with Gasteiger partial charge in [-0.05, 0) is 31.2 Å². The first-order valence-corrected chi connectivity index (χ1v) is 12.1. The van der Waals surface area contributed by atoms with Gasteiger partial charge in [-0.15, -0.1) is 0 Å². The van der Waals surface area contributed by atoms with Gasteiger partial charge in [0.1, 0.15) is 6.04 Å². The molecular weight excluding hydrogens is 418 g/mol.